The Kier molecular flexibility index (Phi) is 8.18. The number of nitrogens with zero attached hydrogens (tertiary/aromatic N) is 6. The van der Waals surface area contributed by atoms with E-state index in [4.69, 9.17) is 4.74 Å². The molecule has 0 bridgehead atoms. The highest BCUT2D eigenvalue weighted by molar-refractivity contribution is 5.60. The molecule has 9 heteroatoms. The molecule has 2 aromatic carbocycles. The lowest BCUT2D eigenvalue weighted by atomic mass is 9.92. The quantitative estimate of drug-likeness (QED) is 0.163. The van der Waals surface area contributed by atoms with E-state index in [1.54, 1.807) is 12.4 Å². The maximum atomic E-state index is 6.16. The normalized spacial score (nSPS) is 11.9. The average molecular weight is 603 g/mol. The van der Waals surface area contributed by atoms with Gasteiger partial charge in [-0.25, -0.2) is 19.9 Å². The van der Waals surface area contributed by atoms with Gasteiger partial charge in [-0.1, -0.05) is 91.8 Å². The number of para-hydroxylation sites is 2. The van der Waals surface area contributed by atoms with Gasteiger partial charge in [0.05, 0.1) is 23.8 Å². The molecule has 0 radical (unpaired) electrons. The Balaban J connectivity index is 1.30. The van der Waals surface area contributed by atoms with Gasteiger partial charge >= 0.3 is 0 Å². The lowest BCUT2D eigenvalue weighted by Crippen LogP contribution is -2.08. The van der Waals surface area contributed by atoms with Crippen LogP contribution in [0, 0.1) is 0 Å². The summed E-state index contributed by atoms with van der Waals surface area (Å²) in [7, 11) is 0. The molecule has 0 atom stereocenters. The van der Waals surface area contributed by atoms with Crippen LogP contribution in [0.5, 0.6) is 11.8 Å². The van der Waals surface area contributed by atoms with E-state index >= 15 is 0 Å². The molecule has 0 unspecified atom stereocenters. The largest absolute Gasteiger partial charge is 0.421 e. The minimum absolute atomic E-state index is 0.352. The van der Waals surface area contributed by atoms with E-state index in [9.17, 15) is 0 Å². The zero-order chi connectivity index (χ0) is 31.8. The van der Waals surface area contributed by atoms with E-state index in [0.717, 1.165) is 23.0 Å². The van der Waals surface area contributed by atoms with Gasteiger partial charge in [0.1, 0.15) is 0 Å². The van der Waals surface area contributed by atoms with E-state index < -0.39 is 0 Å². The molecule has 4 aromatic heterocycles. The summed E-state index contributed by atoms with van der Waals surface area (Å²) in [6.07, 6.45) is 11.0. The second-order valence-electron chi connectivity index (χ2n) is 12.7. The van der Waals surface area contributed by atoms with Gasteiger partial charge in [-0.05, 0) is 45.9 Å². The summed E-state index contributed by atoms with van der Waals surface area (Å²) in [5.74, 6) is 5.04. The van der Waals surface area contributed by atoms with Crippen molar-refractivity contribution in [1.29, 1.82) is 0 Å². The number of hydrogen-bond donors (Lipinski definition) is 2. The average Bonchev–Trinajstić information content (AvgIpc) is 3.83. The zero-order valence-electron chi connectivity index (χ0n) is 27.3. The third-order valence-electron chi connectivity index (χ3n) is 8.20. The summed E-state index contributed by atoms with van der Waals surface area (Å²) in [6.45, 7) is 17.7. The van der Waals surface area contributed by atoms with Crippen LogP contribution in [0.3, 0.4) is 0 Å². The summed E-state index contributed by atoms with van der Waals surface area (Å²) in [5, 5.41) is 0. The van der Waals surface area contributed by atoms with E-state index in [1.165, 1.54) is 22.3 Å². The second kappa shape index (κ2) is 12.2. The molecular formula is C36H42N8O. The number of ether oxygens (including phenoxy) is 1. The van der Waals surface area contributed by atoms with Crippen molar-refractivity contribution in [2.45, 2.75) is 79.1 Å². The summed E-state index contributed by atoms with van der Waals surface area (Å²) >= 11 is 0. The van der Waals surface area contributed by atoms with E-state index in [1.807, 2.05) is 24.8 Å². The van der Waals surface area contributed by atoms with Crippen LogP contribution in [0.4, 0.5) is 0 Å². The highest BCUT2D eigenvalue weighted by Gasteiger charge is 2.22. The zero-order valence-corrected chi connectivity index (χ0v) is 27.3. The fourth-order valence-electron chi connectivity index (χ4n) is 5.96. The van der Waals surface area contributed by atoms with Crippen LogP contribution >= 0.6 is 0 Å². The highest BCUT2D eigenvalue weighted by Crippen LogP contribution is 2.35. The molecule has 0 amide bonds. The van der Waals surface area contributed by atoms with Crippen LogP contribution in [0.25, 0.3) is 34.7 Å². The van der Waals surface area contributed by atoms with Crippen LogP contribution in [0.15, 0.2) is 73.6 Å². The number of aromatic nitrogens is 8. The van der Waals surface area contributed by atoms with Gasteiger partial charge in [0.15, 0.2) is 23.3 Å². The Hall–Kier alpha value is -4.92. The molecule has 6 rings (SSSR count). The van der Waals surface area contributed by atoms with Crippen LogP contribution in [-0.2, 0) is 0 Å². The fraction of sp³-hybridized carbons (Fsp3) is 0.333. The van der Waals surface area contributed by atoms with Gasteiger partial charge in [0.2, 0.25) is 11.8 Å². The predicted molar refractivity (Wildman–Crippen MR) is 179 cm³/mol. The lowest BCUT2D eigenvalue weighted by molar-refractivity contribution is 0.450. The van der Waals surface area contributed by atoms with Crippen molar-refractivity contribution in [3.8, 4) is 46.4 Å². The summed E-state index contributed by atoms with van der Waals surface area (Å²) in [4.78, 5) is 25.3. The topological polar surface area (TPSA) is 102 Å². The van der Waals surface area contributed by atoms with Crippen LogP contribution in [0.2, 0.25) is 0 Å². The Morgan fingerprint density at radius 3 is 1.22 bits per heavy atom. The molecule has 9 nitrogen and oxygen atoms in total. The van der Waals surface area contributed by atoms with Gasteiger partial charge in [-0.3, -0.25) is 9.13 Å². The molecule has 0 fully saturated rings. The van der Waals surface area contributed by atoms with Gasteiger partial charge in [-0.15, -0.1) is 0 Å². The number of H-pyrrole nitrogens is 2. The first-order valence-corrected chi connectivity index (χ1v) is 15.8. The third kappa shape index (κ3) is 5.70. The number of hydrogen-bond acceptors (Lipinski definition) is 5. The smallest absolute Gasteiger partial charge is 0.219 e. The molecule has 0 aliphatic heterocycles. The van der Waals surface area contributed by atoms with E-state index in [0.29, 0.717) is 47.1 Å². The highest BCUT2D eigenvalue weighted by atomic mass is 16.5. The predicted octanol–water partition coefficient (Wildman–Crippen LogP) is 9.12. The molecule has 0 saturated carbocycles. The minimum atomic E-state index is 0.352. The summed E-state index contributed by atoms with van der Waals surface area (Å²) in [6, 6.07) is 13.1. The molecule has 45 heavy (non-hydrogen) atoms. The molecule has 6 aromatic rings. The van der Waals surface area contributed by atoms with Crippen molar-refractivity contribution < 1.29 is 4.74 Å². The number of nitrogens with one attached hydrogen (secondary N) is 2. The van der Waals surface area contributed by atoms with Crippen molar-refractivity contribution in [3.63, 3.8) is 0 Å². The first-order valence-electron chi connectivity index (χ1n) is 15.8. The number of imidazole rings is 4. The van der Waals surface area contributed by atoms with Crippen molar-refractivity contribution in [3.05, 3.63) is 95.8 Å². The minimum Gasteiger partial charge on any atom is -0.421 e. The maximum absolute atomic E-state index is 6.16. The van der Waals surface area contributed by atoms with Gasteiger partial charge in [0.25, 0.3) is 0 Å². The number of rotatable bonds is 10. The third-order valence-corrected chi connectivity index (χ3v) is 8.20. The van der Waals surface area contributed by atoms with Crippen molar-refractivity contribution >= 4 is 0 Å². The maximum Gasteiger partial charge on any atom is 0.219 e. The molecule has 4 heterocycles. The molecule has 0 aliphatic carbocycles. The number of benzene rings is 2. The lowest BCUT2D eigenvalue weighted by Gasteiger charge is -2.21. The van der Waals surface area contributed by atoms with Gasteiger partial charge in [-0.2, -0.15) is 0 Å². The van der Waals surface area contributed by atoms with E-state index in [2.05, 4.69) is 131 Å². The molecular weight excluding hydrogens is 560 g/mol. The van der Waals surface area contributed by atoms with Crippen LogP contribution in [-0.4, -0.2) is 39.0 Å². The first-order chi connectivity index (χ1) is 21.6. The Morgan fingerprint density at radius 2 is 0.889 bits per heavy atom. The van der Waals surface area contributed by atoms with Crippen LogP contribution in [0.1, 0.15) is 101 Å². The molecule has 232 valence electrons. The second-order valence-corrected chi connectivity index (χ2v) is 12.7. The number of aromatic amines is 2. The van der Waals surface area contributed by atoms with Crippen LogP contribution < -0.4 is 4.74 Å². The van der Waals surface area contributed by atoms with Gasteiger partial charge in [0, 0.05) is 24.8 Å². The van der Waals surface area contributed by atoms with E-state index in [-0.39, 0.29) is 0 Å². The Labute approximate surface area is 264 Å². The standard InChI is InChI=1S/C36H42N8O/c1-21(2)25-11-9-12-26(22(3)4)31(25)43-17-15-37-35(43)33-39-19-29(41-33)45-30-20-40-34(42-30)36-38-16-18-44(36)32-27(23(5)6)13-10-14-28(32)24(7)8/h9-24H,1-8H3,(H,39,41)(H,40,42). The summed E-state index contributed by atoms with van der Waals surface area (Å²) < 4.78 is 10.4. The Morgan fingerprint density at radius 1 is 0.533 bits per heavy atom. The van der Waals surface area contributed by atoms with Crippen molar-refractivity contribution in [2.24, 2.45) is 0 Å². The van der Waals surface area contributed by atoms with Crippen molar-refractivity contribution in [2.75, 3.05) is 0 Å². The molecule has 2 N–H and O–H groups in total. The Bertz CT molecular complexity index is 1730. The fourth-order valence-corrected chi connectivity index (χ4v) is 5.96. The monoisotopic (exact) mass is 602 g/mol. The SMILES string of the molecule is CC(C)c1cccc(C(C)C)c1-n1ccnc1-c1ncc(Oc2cnc(-c3nccn3-c3c(C(C)C)cccc3C(C)C)[nH]2)[nH]1. The van der Waals surface area contributed by atoms with Crippen molar-refractivity contribution in [1.82, 2.24) is 39.0 Å². The summed E-state index contributed by atoms with van der Waals surface area (Å²) in [5.41, 5.74) is 7.38. The molecule has 0 spiro atoms. The molecule has 0 aliphatic rings. The molecule has 0 saturated heterocycles. The van der Waals surface area contributed by atoms with Gasteiger partial charge < -0.3 is 14.7 Å². The first kappa shape index (κ1) is 30.1.